The molecule has 0 saturated carbocycles. The highest BCUT2D eigenvalue weighted by Crippen LogP contribution is 2.31. The maximum atomic E-state index is 5.41. The van der Waals surface area contributed by atoms with Gasteiger partial charge in [0.05, 0.1) is 13.2 Å². The van der Waals surface area contributed by atoms with Gasteiger partial charge in [-0.05, 0) is 25.0 Å². The molecule has 1 aromatic heterocycles. The summed E-state index contributed by atoms with van der Waals surface area (Å²) in [4.78, 5) is 13.5. The molecule has 0 radical (unpaired) electrons. The van der Waals surface area contributed by atoms with E-state index in [0.29, 0.717) is 6.04 Å². The van der Waals surface area contributed by atoms with E-state index < -0.39 is 0 Å². The average Bonchev–Trinajstić information content (AvgIpc) is 2.98. The van der Waals surface area contributed by atoms with E-state index in [1.54, 1.807) is 6.33 Å². The summed E-state index contributed by atoms with van der Waals surface area (Å²) in [5.41, 5.74) is 2.82. The van der Waals surface area contributed by atoms with Crippen LogP contribution in [0.3, 0.4) is 0 Å². The summed E-state index contributed by atoms with van der Waals surface area (Å²) in [5, 5.41) is 3.45. The lowest BCUT2D eigenvalue weighted by molar-refractivity contribution is 0.122. The van der Waals surface area contributed by atoms with Crippen molar-refractivity contribution in [3.63, 3.8) is 0 Å². The number of fused-ring (bicyclic) bond motifs is 1. The fourth-order valence-electron chi connectivity index (χ4n) is 3.68. The minimum atomic E-state index is 0.550. The van der Waals surface area contributed by atoms with Crippen LogP contribution >= 0.6 is 0 Å². The van der Waals surface area contributed by atoms with E-state index in [0.717, 1.165) is 57.4 Å². The highest BCUT2D eigenvalue weighted by atomic mass is 16.5. The number of hydrogen-bond acceptors (Lipinski definition) is 6. The molecule has 1 aromatic carbocycles. The first-order valence-corrected chi connectivity index (χ1v) is 9.04. The van der Waals surface area contributed by atoms with E-state index in [9.17, 15) is 0 Å². The first kappa shape index (κ1) is 16.1. The van der Waals surface area contributed by atoms with Crippen molar-refractivity contribution in [2.24, 2.45) is 0 Å². The zero-order valence-electron chi connectivity index (χ0n) is 14.7. The molecular weight excluding hydrogens is 314 g/mol. The van der Waals surface area contributed by atoms with Crippen LogP contribution in [0.15, 0.2) is 36.7 Å². The standard InChI is InChI=1S/C19H25N5O/c1-15-12-16-4-2-3-5-17(16)24(15)7-6-20-18-13-19(22-14-21-18)23-8-10-25-11-9-23/h2-5,13-15H,6-12H2,1H3,(H,20,21,22). The molecule has 0 spiro atoms. The molecule has 25 heavy (non-hydrogen) atoms. The Bertz CT molecular complexity index is 716. The quantitative estimate of drug-likeness (QED) is 0.901. The number of nitrogens with one attached hydrogen (secondary N) is 1. The first-order chi connectivity index (χ1) is 12.3. The van der Waals surface area contributed by atoms with Gasteiger partial charge in [0.25, 0.3) is 0 Å². The molecule has 0 amide bonds. The second-order valence-electron chi connectivity index (χ2n) is 6.66. The fraction of sp³-hybridized carbons (Fsp3) is 0.474. The molecule has 0 bridgehead atoms. The fourth-order valence-corrected chi connectivity index (χ4v) is 3.68. The molecule has 132 valence electrons. The van der Waals surface area contributed by atoms with Crippen molar-refractivity contribution in [2.75, 3.05) is 54.5 Å². The van der Waals surface area contributed by atoms with Crippen LogP contribution in [-0.2, 0) is 11.2 Å². The van der Waals surface area contributed by atoms with Gasteiger partial charge in [-0.25, -0.2) is 9.97 Å². The number of ether oxygens (including phenoxy) is 1. The van der Waals surface area contributed by atoms with Gasteiger partial charge in [-0.3, -0.25) is 0 Å². The monoisotopic (exact) mass is 339 g/mol. The third-order valence-electron chi connectivity index (χ3n) is 4.99. The van der Waals surface area contributed by atoms with Gasteiger partial charge in [-0.2, -0.15) is 0 Å². The number of aromatic nitrogens is 2. The van der Waals surface area contributed by atoms with E-state index in [-0.39, 0.29) is 0 Å². The summed E-state index contributed by atoms with van der Waals surface area (Å²) >= 11 is 0. The van der Waals surface area contributed by atoms with Crippen molar-refractivity contribution >= 4 is 17.3 Å². The molecule has 1 atom stereocenters. The predicted octanol–water partition coefficient (Wildman–Crippen LogP) is 2.18. The van der Waals surface area contributed by atoms with Crippen LogP contribution in [0.4, 0.5) is 17.3 Å². The maximum Gasteiger partial charge on any atom is 0.134 e. The van der Waals surface area contributed by atoms with Gasteiger partial charge in [-0.15, -0.1) is 0 Å². The van der Waals surface area contributed by atoms with Crippen molar-refractivity contribution in [1.29, 1.82) is 0 Å². The topological polar surface area (TPSA) is 53.5 Å². The van der Waals surface area contributed by atoms with Gasteiger partial charge in [0, 0.05) is 44.0 Å². The van der Waals surface area contributed by atoms with Crippen molar-refractivity contribution in [3.05, 3.63) is 42.2 Å². The van der Waals surface area contributed by atoms with Gasteiger partial charge in [0.1, 0.15) is 18.0 Å². The van der Waals surface area contributed by atoms with E-state index >= 15 is 0 Å². The smallest absolute Gasteiger partial charge is 0.134 e. The molecular formula is C19H25N5O. The summed E-state index contributed by atoms with van der Waals surface area (Å²) in [6, 6.07) is 11.3. The van der Waals surface area contributed by atoms with Crippen molar-refractivity contribution < 1.29 is 4.74 Å². The molecule has 6 heteroatoms. The number of nitrogens with zero attached hydrogens (tertiary/aromatic N) is 4. The Kier molecular flexibility index (Phi) is 4.70. The van der Waals surface area contributed by atoms with Crippen LogP contribution in [0.25, 0.3) is 0 Å². The minimum absolute atomic E-state index is 0.550. The number of anilines is 3. The van der Waals surface area contributed by atoms with Crippen molar-refractivity contribution in [2.45, 2.75) is 19.4 Å². The second kappa shape index (κ2) is 7.27. The van der Waals surface area contributed by atoms with E-state index in [2.05, 4.69) is 56.3 Å². The number of benzene rings is 1. The molecule has 0 aliphatic carbocycles. The summed E-state index contributed by atoms with van der Waals surface area (Å²) in [5.74, 6) is 1.86. The van der Waals surface area contributed by atoms with E-state index in [1.807, 2.05) is 6.07 Å². The van der Waals surface area contributed by atoms with Crippen molar-refractivity contribution in [1.82, 2.24) is 9.97 Å². The highest BCUT2D eigenvalue weighted by Gasteiger charge is 2.24. The molecule has 1 saturated heterocycles. The molecule has 3 heterocycles. The summed E-state index contributed by atoms with van der Waals surface area (Å²) < 4.78 is 5.41. The minimum Gasteiger partial charge on any atom is -0.378 e. The number of morpholine rings is 1. The van der Waals surface area contributed by atoms with Crippen LogP contribution in [0.1, 0.15) is 12.5 Å². The normalized spacial score (nSPS) is 19.8. The third kappa shape index (κ3) is 3.54. The Hall–Kier alpha value is -2.34. The number of rotatable bonds is 5. The van der Waals surface area contributed by atoms with Gasteiger partial charge >= 0.3 is 0 Å². The number of hydrogen-bond donors (Lipinski definition) is 1. The Morgan fingerprint density at radius 3 is 2.92 bits per heavy atom. The molecule has 1 N–H and O–H groups in total. The Morgan fingerprint density at radius 1 is 1.20 bits per heavy atom. The van der Waals surface area contributed by atoms with Crippen LogP contribution in [-0.4, -0.2) is 55.4 Å². The van der Waals surface area contributed by atoms with Crippen LogP contribution in [0.2, 0.25) is 0 Å². The zero-order chi connectivity index (χ0) is 17.1. The maximum absolute atomic E-state index is 5.41. The van der Waals surface area contributed by atoms with Gasteiger partial charge < -0.3 is 19.9 Å². The van der Waals surface area contributed by atoms with E-state index in [4.69, 9.17) is 4.74 Å². The zero-order valence-corrected chi connectivity index (χ0v) is 14.7. The lowest BCUT2D eigenvalue weighted by Crippen LogP contribution is -2.37. The average molecular weight is 339 g/mol. The first-order valence-electron chi connectivity index (χ1n) is 9.04. The van der Waals surface area contributed by atoms with Gasteiger partial charge in [-0.1, -0.05) is 18.2 Å². The lowest BCUT2D eigenvalue weighted by atomic mass is 10.1. The SMILES string of the molecule is CC1Cc2ccccc2N1CCNc1cc(N2CCOCC2)ncn1. The molecule has 4 rings (SSSR count). The molecule has 1 unspecified atom stereocenters. The molecule has 1 fully saturated rings. The van der Waals surface area contributed by atoms with Crippen molar-refractivity contribution in [3.8, 4) is 0 Å². The van der Waals surface area contributed by atoms with Crippen LogP contribution in [0, 0.1) is 0 Å². The third-order valence-corrected chi connectivity index (χ3v) is 4.99. The second-order valence-corrected chi connectivity index (χ2v) is 6.66. The van der Waals surface area contributed by atoms with E-state index in [1.165, 1.54) is 11.3 Å². The summed E-state index contributed by atoms with van der Waals surface area (Å²) in [6.07, 6.45) is 2.77. The molecule has 2 aromatic rings. The van der Waals surface area contributed by atoms with Gasteiger partial charge in [0.2, 0.25) is 0 Å². The largest absolute Gasteiger partial charge is 0.378 e. The number of para-hydroxylation sites is 1. The Balaban J connectivity index is 1.36. The summed E-state index contributed by atoms with van der Waals surface area (Å²) in [6.45, 7) is 7.42. The molecule has 6 nitrogen and oxygen atoms in total. The highest BCUT2D eigenvalue weighted by molar-refractivity contribution is 5.59. The Morgan fingerprint density at radius 2 is 2.04 bits per heavy atom. The molecule has 2 aliphatic rings. The predicted molar refractivity (Wildman–Crippen MR) is 101 cm³/mol. The van der Waals surface area contributed by atoms with Crippen LogP contribution in [0.5, 0.6) is 0 Å². The van der Waals surface area contributed by atoms with Gasteiger partial charge in [0.15, 0.2) is 0 Å². The molecule has 2 aliphatic heterocycles. The summed E-state index contributed by atoms with van der Waals surface area (Å²) in [7, 11) is 0. The lowest BCUT2D eigenvalue weighted by Gasteiger charge is -2.28. The van der Waals surface area contributed by atoms with Crippen LogP contribution < -0.4 is 15.1 Å². The Labute approximate surface area is 148 Å².